The summed E-state index contributed by atoms with van der Waals surface area (Å²) in [4.78, 5) is 30.5. The maximum Gasteiger partial charge on any atom is 0.272 e. The number of rotatable bonds is 8. The number of nitro benzene ring substituents is 1. The van der Waals surface area contributed by atoms with Crippen LogP contribution < -0.4 is 15.1 Å². The highest BCUT2D eigenvalue weighted by molar-refractivity contribution is 5.94. The number of hydrogen-bond acceptors (Lipinski definition) is 6. The lowest BCUT2D eigenvalue weighted by Crippen LogP contribution is -2.50. The number of piperazine rings is 1. The van der Waals surface area contributed by atoms with Crippen molar-refractivity contribution in [2.24, 2.45) is 0 Å². The third kappa shape index (κ3) is 5.83. The summed E-state index contributed by atoms with van der Waals surface area (Å²) in [5, 5.41) is 14.2. The average Bonchev–Trinajstić information content (AvgIpc) is 2.89. The summed E-state index contributed by atoms with van der Waals surface area (Å²) < 4.78 is 0. The molecule has 1 fully saturated rings. The molecule has 4 rings (SSSR count). The van der Waals surface area contributed by atoms with Crippen molar-refractivity contribution in [3.05, 3.63) is 99.6 Å². The summed E-state index contributed by atoms with van der Waals surface area (Å²) in [6.45, 7) is 5.67. The average molecular weight is 488 g/mol. The molecule has 1 aliphatic heterocycles. The van der Waals surface area contributed by atoms with E-state index in [0.717, 1.165) is 37.4 Å². The number of anilines is 2. The van der Waals surface area contributed by atoms with Crippen LogP contribution in [0, 0.1) is 17.0 Å². The van der Waals surface area contributed by atoms with Gasteiger partial charge >= 0.3 is 0 Å². The van der Waals surface area contributed by atoms with Crippen molar-refractivity contribution < 1.29 is 9.72 Å². The van der Waals surface area contributed by atoms with Gasteiger partial charge in [0, 0.05) is 75.4 Å². The topological polar surface area (TPSA) is 82.0 Å². The van der Waals surface area contributed by atoms with Gasteiger partial charge in [-0.15, -0.1) is 0 Å². The molecule has 3 aromatic rings. The predicted molar refractivity (Wildman–Crippen MR) is 144 cm³/mol. The Morgan fingerprint density at radius 2 is 1.67 bits per heavy atom. The van der Waals surface area contributed by atoms with Gasteiger partial charge in [-0.1, -0.05) is 30.3 Å². The highest BCUT2D eigenvalue weighted by Crippen LogP contribution is 2.26. The first-order valence-electron chi connectivity index (χ1n) is 12.2. The van der Waals surface area contributed by atoms with Crippen molar-refractivity contribution >= 4 is 23.0 Å². The Kier molecular flexibility index (Phi) is 7.85. The number of carbonyl (C=O) groups is 1. The fourth-order valence-corrected chi connectivity index (χ4v) is 4.68. The van der Waals surface area contributed by atoms with Gasteiger partial charge in [-0.2, -0.15) is 0 Å². The number of hydrogen-bond donors (Lipinski definition) is 1. The van der Waals surface area contributed by atoms with Gasteiger partial charge in [-0.3, -0.25) is 19.8 Å². The van der Waals surface area contributed by atoms with Gasteiger partial charge in [0.2, 0.25) is 0 Å². The molecule has 3 aromatic carbocycles. The lowest BCUT2D eigenvalue weighted by molar-refractivity contribution is -0.385. The molecule has 1 saturated heterocycles. The van der Waals surface area contributed by atoms with E-state index in [-0.39, 0.29) is 17.6 Å². The van der Waals surface area contributed by atoms with Crippen LogP contribution in [0.15, 0.2) is 72.8 Å². The van der Waals surface area contributed by atoms with Gasteiger partial charge in [0.25, 0.3) is 11.6 Å². The van der Waals surface area contributed by atoms with Gasteiger partial charge < -0.3 is 15.1 Å². The van der Waals surface area contributed by atoms with Crippen LogP contribution in [0.4, 0.5) is 17.1 Å². The first-order valence-corrected chi connectivity index (χ1v) is 12.2. The number of aryl methyl sites for hydroxylation is 1. The van der Waals surface area contributed by atoms with Gasteiger partial charge in [-0.05, 0) is 48.9 Å². The minimum Gasteiger partial charge on any atom is -0.378 e. The van der Waals surface area contributed by atoms with E-state index in [0.29, 0.717) is 17.7 Å². The smallest absolute Gasteiger partial charge is 0.272 e. The molecule has 1 atom stereocenters. The van der Waals surface area contributed by atoms with Crippen LogP contribution >= 0.6 is 0 Å². The van der Waals surface area contributed by atoms with Crippen LogP contribution in [-0.4, -0.2) is 62.5 Å². The first kappa shape index (κ1) is 25.2. The minimum atomic E-state index is -0.431. The molecular weight excluding hydrogens is 454 g/mol. The zero-order valence-corrected chi connectivity index (χ0v) is 21.1. The van der Waals surface area contributed by atoms with Crippen LogP contribution in [0.2, 0.25) is 0 Å². The van der Waals surface area contributed by atoms with E-state index in [1.54, 1.807) is 13.0 Å². The maximum atomic E-state index is 13.0. The van der Waals surface area contributed by atoms with Crippen molar-refractivity contribution in [2.75, 3.05) is 56.6 Å². The molecule has 1 heterocycles. The van der Waals surface area contributed by atoms with Crippen LogP contribution in [0.1, 0.15) is 27.5 Å². The second-order valence-electron chi connectivity index (χ2n) is 9.33. The van der Waals surface area contributed by atoms with E-state index in [1.807, 2.05) is 20.2 Å². The normalized spacial score (nSPS) is 14.8. The fraction of sp³-hybridized carbons (Fsp3) is 0.321. The highest BCUT2D eigenvalue weighted by atomic mass is 16.6. The summed E-state index contributed by atoms with van der Waals surface area (Å²) in [5.41, 5.74) is 4.41. The van der Waals surface area contributed by atoms with E-state index >= 15 is 0 Å². The third-order valence-corrected chi connectivity index (χ3v) is 6.78. The summed E-state index contributed by atoms with van der Waals surface area (Å²) in [6.07, 6.45) is 0. The van der Waals surface area contributed by atoms with Gasteiger partial charge in [0.15, 0.2) is 0 Å². The van der Waals surface area contributed by atoms with E-state index in [4.69, 9.17) is 0 Å². The van der Waals surface area contributed by atoms with Crippen LogP contribution in [0.3, 0.4) is 0 Å². The van der Waals surface area contributed by atoms with Crippen molar-refractivity contribution in [1.29, 1.82) is 0 Å². The van der Waals surface area contributed by atoms with Crippen molar-refractivity contribution in [3.8, 4) is 0 Å². The van der Waals surface area contributed by atoms with Crippen molar-refractivity contribution in [1.82, 2.24) is 10.2 Å². The Morgan fingerprint density at radius 1 is 1.00 bits per heavy atom. The third-order valence-electron chi connectivity index (χ3n) is 6.78. The molecule has 1 amide bonds. The number of benzene rings is 3. The van der Waals surface area contributed by atoms with E-state index in [1.165, 1.54) is 17.8 Å². The van der Waals surface area contributed by atoms with Crippen LogP contribution in [0.5, 0.6) is 0 Å². The molecule has 1 aliphatic rings. The van der Waals surface area contributed by atoms with Crippen molar-refractivity contribution in [3.63, 3.8) is 0 Å². The molecule has 0 spiro atoms. The van der Waals surface area contributed by atoms with Gasteiger partial charge in [0.1, 0.15) is 0 Å². The monoisotopic (exact) mass is 487 g/mol. The first-order chi connectivity index (χ1) is 17.3. The second-order valence-corrected chi connectivity index (χ2v) is 9.33. The van der Waals surface area contributed by atoms with Crippen molar-refractivity contribution in [2.45, 2.75) is 13.0 Å². The Balaban J connectivity index is 1.49. The minimum absolute atomic E-state index is 0.0155. The highest BCUT2D eigenvalue weighted by Gasteiger charge is 2.26. The standard InChI is InChI=1S/C28H33N5O3/c1-21-19-23(11-14-26(21)33(35)36)28(34)29-20-27(22-9-12-24(13-10-22)30(2)3)32-17-15-31(16-18-32)25-7-5-4-6-8-25/h4-14,19,27H,15-18,20H2,1-3H3,(H,29,34). The Hall–Kier alpha value is -3.91. The summed E-state index contributed by atoms with van der Waals surface area (Å²) >= 11 is 0. The number of carbonyl (C=O) groups excluding carboxylic acids is 1. The van der Waals surface area contributed by atoms with Crippen LogP contribution in [0.25, 0.3) is 0 Å². The predicted octanol–water partition coefficient (Wildman–Crippen LogP) is 4.26. The lowest BCUT2D eigenvalue weighted by Gasteiger charge is -2.40. The summed E-state index contributed by atoms with van der Waals surface area (Å²) in [5.74, 6) is -0.231. The molecular formula is C28H33N5O3. The van der Waals surface area contributed by atoms with Crippen LogP contribution in [-0.2, 0) is 0 Å². The molecule has 0 saturated carbocycles. The molecule has 188 valence electrons. The number of para-hydroxylation sites is 1. The number of nitrogens with zero attached hydrogens (tertiary/aromatic N) is 4. The zero-order chi connectivity index (χ0) is 25.7. The van der Waals surface area contributed by atoms with Gasteiger partial charge in [-0.25, -0.2) is 0 Å². The molecule has 0 radical (unpaired) electrons. The fourth-order valence-electron chi connectivity index (χ4n) is 4.68. The van der Waals surface area contributed by atoms with E-state index < -0.39 is 4.92 Å². The molecule has 8 nitrogen and oxygen atoms in total. The van der Waals surface area contributed by atoms with E-state index in [2.05, 4.69) is 68.5 Å². The lowest BCUT2D eigenvalue weighted by atomic mass is 10.0. The van der Waals surface area contributed by atoms with E-state index in [9.17, 15) is 14.9 Å². The summed E-state index contributed by atoms with van der Waals surface area (Å²) in [6, 6.07) is 23.4. The molecule has 8 heteroatoms. The molecule has 0 aliphatic carbocycles. The summed E-state index contributed by atoms with van der Waals surface area (Å²) in [7, 11) is 4.03. The second kappa shape index (κ2) is 11.2. The van der Waals surface area contributed by atoms with Gasteiger partial charge in [0.05, 0.1) is 11.0 Å². The Morgan fingerprint density at radius 3 is 2.25 bits per heavy atom. The molecule has 1 unspecified atom stereocenters. The molecule has 0 bridgehead atoms. The molecule has 36 heavy (non-hydrogen) atoms. The largest absolute Gasteiger partial charge is 0.378 e. The Bertz CT molecular complexity index is 1190. The number of nitrogens with one attached hydrogen (secondary N) is 1. The quantitative estimate of drug-likeness (QED) is 0.378. The number of amides is 1. The maximum absolute atomic E-state index is 13.0. The zero-order valence-electron chi connectivity index (χ0n) is 21.1. The number of nitro groups is 1. The molecule has 1 N–H and O–H groups in total. The molecule has 0 aromatic heterocycles. The SMILES string of the molecule is Cc1cc(C(=O)NCC(c2ccc(N(C)C)cc2)N2CCN(c3ccccc3)CC2)ccc1[N+](=O)[O-]. The Labute approximate surface area is 212 Å².